The van der Waals surface area contributed by atoms with Gasteiger partial charge in [0.25, 0.3) is 0 Å². The minimum absolute atomic E-state index is 0.280. The van der Waals surface area contributed by atoms with Gasteiger partial charge in [0, 0.05) is 12.2 Å². The van der Waals surface area contributed by atoms with Crippen molar-refractivity contribution in [3.05, 3.63) is 23.9 Å². The number of aromatic carboxylic acids is 1. The number of hydrogen-bond donors (Lipinski definition) is 2. The highest BCUT2D eigenvalue weighted by Crippen LogP contribution is 2.20. The van der Waals surface area contributed by atoms with Crippen molar-refractivity contribution < 1.29 is 9.90 Å². The Labute approximate surface area is 98.5 Å². The van der Waals surface area contributed by atoms with Gasteiger partial charge in [-0.2, -0.15) is 11.8 Å². The van der Waals surface area contributed by atoms with E-state index in [9.17, 15) is 4.79 Å². The Morgan fingerprint density at radius 1 is 1.50 bits per heavy atom. The van der Waals surface area contributed by atoms with Crippen LogP contribution in [0.15, 0.2) is 18.3 Å². The third-order valence-corrected chi connectivity index (χ3v) is 3.63. The van der Waals surface area contributed by atoms with Crippen molar-refractivity contribution in [3.63, 3.8) is 0 Å². The van der Waals surface area contributed by atoms with E-state index in [1.165, 1.54) is 12.3 Å². The summed E-state index contributed by atoms with van der Waals surface area (Å²) < 4.78 is 0. The molecule has 4 nitrogen and oxygen atoms in total. The molecule has 1 aromatic rings. The van der Waals surface area contributed by atoms with Gasteiger partial charge in [-0.3, -0.25) is 0 Å². The lowest BCUT2D eigenvalue weighted by Crippen LogP contribution is -2.25. The molecule has 0 bridgehead atoms. The van der Waals surface area contributed by atoms with Gasteiger partial charge in [-0.1, -0.05) is 0 Å². The Bertz CT molecular complexity index is 378. The minimum atomic E-state index is -0.912. The summed E-state index contributed by atoms with van der Waals surface area (Å²) in [6.07, 6.45) is 3.76. The molecule has 0 saturated carbocycles. The Kier molecular flexibility index (Phi) is 3.66. The maximum atomic E-state index is 10.8. The van der Waals surface area contributed by atoms with Crippen LogP contribution in [0.3, 0.4) is 0 Å². The quantitative estimate of drug-likeness (QED) is 0.844. The second-order valence-corrected chi connectivity index (χ2v) is 4.99. The molecule has 1 aliphatic rings. The van der Waals surface area contributed by atoms with E-state index in [0.29, 0.717) is 11.9 Å². The lowest BCUT2D eigenvalue weighted by molar-refractivity contribution is 0.0697. The number of rotatable bonds is 3. The smallest absolute Gasteiger partial charge is 0.335 e. The van der Waals surface area contributed by atoms with Gasteiger partial charge in [0.2, 0.25) is 0 Å². The largest absolute Gasteiger partial charge is 0.478 e. The zero-order valence-electron chi connectivity index (χ0n) is 8.85. The predicted octanol–water partition coefficient (Wildman–Crippen LogP) is 2.09. The second-order valence-electron chi connectivity index (χ2n) is 3.77. The molecule has 2 heterocycles. The number of thioether (sulfide) groups is 1. The predicted molar refractivity (Wildman–Crippen MR) is 65.2 cm³/mol. The number of pyridine rings is 1. The van der Waals surface area contributed by atoms with Crippen LogP contribution >= 0.6 is 11.8 Å². The number of carboxylic acids is 1. The van der Waals surface area contributed by atoms with E-state index in [1.807, 2.05) is 11.8 Å². The molecule has 5 heteroatoms. The molecular weight excluding hydrogens is 224 g/mol. The SMILES string of the molecule is O=C(O)c1ccnc(NC2CCSCC2)c1. The second kappa shape index (κ2) is 5.21. The van der Waals surface area contributed by atoms with Crippen molar-refractivity contribution in [3.8, 4) is 0 Å². The molecule has 2 N–H and O–H groups in total. The van der Waals surface area contributed by atoms with Gasteiger partial charge in [0.15, 0.2) is 0 Å². The van der Waals surface area contributed by atoms with Crippen LogP contribution in [0.2, 0.25) is 0 Å². The van der Waals surface area contributed by atoms with Gasteiger partial charge in [-0.05, 0) is 36.5 Å². The van der Waals surface area contributed by atoms with E-state index in [4.69, 9.17) is 5.11 Å². The molecule has 0 atom stereocenters. The molecule has 1 aromatic heterocycles. The maximum absolute atomic E-state index is 10.8. The summed E-state index contributed by atoms with van der Waals surface area (Å²) in [6, 6.07) is 3.52. The average Bonchev–Trinajstić information content (AvgIpc) is 2.30. The van der Waals surface area contributed by atoms with E-state index < -0.39 is 5.97 Å². The number of hydrogen-bond acceptors (Lipinski definition) is 4. The fourth-order valence-electron chi connectivity index (χ4n) is 1.69. The molecule has 0 aromatic carbocycles. The lowest BCUT2D eigenvalue weighted by atomic mass is 10.1. The van der Waals surface area contributed by atoms with Gasteiger partial charge in [0.05, 0.1) is 5.56 Å². The summed E-state index contributed by atoms with van der Waals surface area (Å²) in [6.45, 7) is 0. The number of carboxylic acid groups (broad SMARTS) is 1. The third-order valence-electron chi connectivity index (χ3n) is 2.58. The van der Waals surface area contributed by atoms with Gasteiger partial charge in [0.1, 0.15) is 5.82 Å². The standard InChI is InChI=1S/C11H14N2O2S/c14-11(15)8-1-4-12-10(7-8)13-9-2-5-16-6-3-9/h1,4,7,9H,2-3,5-6H2,(H,12,13)(H,14,15). The van der Waals surface area contributed by atoms with Crippen molar-refractivity contribution >= 4 is 23.5 Å². The van der Waals surface area contributed by atoms with Crippen LogP contribution in [-0.2, 0) is 0 Å². The maximum Gasteiger partial charge on any atom is 0.335 e. The van der Waals surface area contributed by atoms with Gasteiger partial charge >= 0.3 is 5.97 Å². The average molecular weight is 238 g/mol. The normalized spacial score (nSPS) is 17.0. The van der Waals surface area contributed by atoms with Crippen molar-refractivity contribution in [1.82, 2.24) is 4.98 Å². The molecule has 0 amide bonds. The molecule has 16 heavy (non-hydrogen) atoms. The fourth-order valence-corrected chi connectivity index (χ4v) is 2.80. The van der Waals surface area contributed by atoms with Crippen LogP contribution in [0, 0.1) is 0 Å². The Morgan fingerprint density at radius 3 is 2.94 bits per heavy atom. The van der Waals surface area contributed by atoms with Crippen molar-refractivity contribution in [2.75, 3.05) is 16.8 Å². The molecule has 0 spiro atoms. The van der Waals surface area contributed by atoms with Crippen LogP contribution in [0.1, 0.15) is 23.2 Å². The van der Waals surface area contributed by atoms with Crippen molar-refractivity contribution in [2.24, 2.45) is 0 Å². The molecule has 0 radical (unpaired) electrons. The fraction of sp³-hybridized carbons (Fsp3) is 0.455. The first-order valence-electron chi connectivity index (χ1n) is 5.29. The van der Waals surface area contributed by atoms with Crippen LogP contribution in [0.4, 0.5) is 5.82 Å². The van der Waals surface area contributed by atoms with Crippen LogP contribution in [0.5, 0.6) is 0 Å². The summed E-state index contributed by atoms with van der Waals surface area (Å²) in [5.74, 6) is 2.08. The first-order chi connectivity index (χ1) is 7.75. The van der Waals surface area contributed by atoms with Crippen LogP contribution in [-0.4, -0.2) is 33.6 Å². The molecule has 1 saturated heterocycles. The number of nitrogens with one attached hydrogen (secondary N) is 1. The first-order valence-corrected chi connectivity index (χ1v) is 6.45. The minimum Gasteiger partial charge on any atom is -0.478 e. The monoisotopic (exact) mass is 238 g/mol. The number of anilines is 1. The molecular formula is C11H14N2O2S. The van der Waals surface area contributed by atoms with Gasteiger partial charge < -0.3 is 10.4 Å². The number of aromatic nitrogens is 1. The molecule has 0 unspecified atom stereocenters. The van der Waals surface area contributed by atoms with E-state index in [-0.39, 0.29) is 5.56 Å². The summed E-state index contributed by atoms with van der Waals surface area (Å²) in [5, 5.41) is 12.1. The summed E-state index contributed by atoms with van der Waals surface area (Å²) >= 11 is 1.96. The van der Waals surface area contributed by atoms with Gasteiger partial charge in [-0.15, -0.1) is 0 Å². The summed E-state index contributed by atoms with van der Waals surface area (Å²) in [7, 11) is 0. The Balaban J connectivity index is 2.02. The highest BCUT2D eigenvalue weighted by Gasteiger charge is 2.14. The van der Waals surface area contributed by atoms with Crippen LogP contribution < -0.4 is 5.32 Å². The molecule has 2 rings (SSSR count). The van der Waals surface area contributed by atoms with Crippen LogP contribution in [0.25, 0.3) is 0 Å². The number of carbonyl (C=O) groups is 1. The van der Waals surface area contributed by atoms with Crippen molar-refractivity contribution in [1.29, 1.82) is 0 Å². The third kappa shape index (κ3) is 2.88. The van der Waals surface area contributed by atoms with Crippen molar-refractivity contribution in [2.45, 2.75) is 18.9 Å². The highest BCUT2D eigenvalue weighted by molar-refractivity contribution is 7.99. The van der Waals surface area contributed by atoms with E-state index in [1.54, 1.807) is 6.07 Å². The molecule has 1 aliphatic heterocycles. The van der Waals surface area contributed by atoms with E-state index >= 15 is 0 Å². The first kappa shape index (κ1) is 11.3. The topological polar surface area (TPSA) is 62.2 Å². The van der Waals surface area contributed by atoms with Gasteiger partial charge in [-0.25, -0.2) is 9.78 Å². The zero-order valence-corrected chi connectivity index (χ0v) is 9.67. The Morgan fingerprint density at radius 2 is 2.25 bits per heavy atom. The molecule has 0 aliphatic carbocycles. The van der Waals surface area contributed by atoms with E-state index in [0.717, 1.165) is 24.3 Å². The zero-order chi connectivity index (χ0) is 11.4. The summed E-state index contributed by atoms with van der Waals surface area (Å²) in [4.78, 5) is 14.9. The molecule has 86 valence electrons. The highest BCUT2D eigenvalue weighted by atomic mass is 32.2. The Hall–Kier alpha value is -1.23. The lowest BCUT2D eigenvalue weighted by Gasteiger charge is -2.23. The van der Waals surface area contributed by atoms with E-state index in [2.05, 4.69) is 10.3 Å². The number of nitrogens with zero attached hydrogens (tertiary/aromatic N) is 1. The summed E-state index contributed by atoms with van der Waals surface area (Å²) in [5.41, 5.74) is 0.280. The molecule has 1 fully saturated rings.